The molecule has 20 heteroatoms. The van der Waals surface area contributed by atoms with E-state index in [-0.39, 0.29) is 55.6 Å². The van der Waals surface area contributed by atoms with E-state index in [1.165, 1.54) is 24.3 Å². The first-order valence-corrected chi connectivity index (χ1v) is 23.4. The number of fused-ring (bicyclic) bond motifs is 1. The van der Waals surface area contributed by atoms with Crippen LogP contribution in [0.15, 0.2) is 79.3 Å². The van der Waals surface area contributed by atoms with Gasteiger partial charge in [-0.25, -0.2) is 23.5 Å². The zero-order valence-electron chi connectivity index (χ0n) is 41.6. The Morgan fingerprint density at radius 3 is 2.32 bits per heavy atom. The van der Waals surface area contributed by atoms with Crippen LogP contribution in [0.4, 0.5) is 19.3 Å². The van der Waals surface area contributed by atoms with Gasteiger partial charge < -0.3 is 44.7 Å². The molecule has 0 saturated carbocycles. The van der Waals surface area contributed by atoms with Crippen molar-refractivity contribution in [2.45, 2.75) is 98.6 Å². The van der Waals surface area contributed by atoms with E-state index in [1.807, 2.05) is 43.5 Å². The van der Waals surface area contributed by atoms with E-state index in [1.54, 1.807) is 74.1 Å². The molecule has 0 bridgehead atoms. The number of anilines is 1. The fourth-order valence-electron chi connectivity index (χ4n) is 7.74. The summed E-state index contributed by atoms with van der Waals surface area (Å²) in [6, 6.07) is 16.8. The fraction of sp³-hybridized carbons (Fsp3) is 0.431. The molecule has 6 rings (SSSR count). The summed E-state index contributed by atoms with van der Waals surface area (Å²) < 4.78 is 41.6. The molecule has 3 aromatic carbocycles. The minimum absolute atomic E-state index is 0.114. The van der Waals surface area contributed by atoms with E-state index in [9.17, 15) is 32.8 Å². The molecule has 0 spiro atoms. The fourth-order valence-corrected chi connectivity index (χ4v) is 7.74. The summed E-state index contributed by atoms with van der Waals surface area (Å²) in [6.07, 6.45) is 3.68. The molecule has 1 aliphatic heterocycles. The topological polar surface area (TPSA) is 206 Å². The maximum atomic E-state index is 14.1. The number of aromatic nitrogens is 5. The Morgan fingerprint density at radius 1 is 0.873 bits per heavy atom. The summed E-state index contributed by atoms with van der Waals surface area (Å²) in [5.41, 5.74) is 1.86. The standard InChI is InChI=1S/C51H63F2N11O7/c1-50(2,3)45(58-43(65)31-62(8)49(69)71-51(4,5)6)48(68)63-24-19-33-16-17-37(27-35(33)30-63)70-25-20-44(66)61(7)22-11-23-64-42(59-60-46(64)41-18-21-54-32-57-41)29-55-36-13-9-12-34(26-36)47(67)56-28-38-39(52)14-10-15-40(38)53/h9-10,12-18,21,26-27,32,45,55H,11,19-20,22-25,28-31H2,1-8H3,(H,56,67)(H,58,65)/t45-/m1/s1. The molecule has 2 aromatic heterocycles. The van der Waals surface area contributed by atoms with E-state index in [4.69, 9.17) is 9.47 Å². The van der Waals surface area contributed by atoms with Gasteiger partial charge in [-0.15, -0.1) is 10.2 Å². The highest BCUT2D eigenvalue weighted by molar-refractivity contribution is 5.95. The summed E-state index contributed by atoms with van der Waals surface area (Å²) >= 11 is 0. The lowest BCUT2D eigenvalue weighted by Gasteiger charge is -2.37. The summed E-state index contributed by atoms with van der Waals surface area (Å²) in [5, 5.41) is 17.6. The Hall–Kier alpha value is -7.51. The molecule has 5 aromatic rings. The monoisotopic (exact) mass is 979 g/mol. The Bertz CT molecular complexity index is 2670. The van der Waals surface area contributed by atoms with Crippen molar-refractivity contribution in [1.29, 1.82) is 0 Å². The highest BCUT2D eigenvalue weighted by Gasteiger charge is 2.37. The zero-order valence-corrected chi connectivity index (χ0v) is 41.6. The van der Waals surface area contributed by atoms with Crippen LogP contribution < -0.4 is 20.7 Å². The second-order valence-electron chi connectivity index (χ2n) is 19.4. The third-order valence-electron chi connectivity index (χ3n) is 11.6. The van der Waals surface area contributed by atoms with Crippen molar-refractivity contribution >= 4 is 35.4 Å². The van der Waals surface area contributed by atoms with Crippen LogP contribution in [0.3, 0.4) is 0 Å². The number of ether oxygens (including phenoxy) is 2. The van der Waals surface area contributed by atoms with Gasteiger partial charge in [0.15, 0.2) is 11.6 Å². The predicted octanol–water partition coefficient (Wildman–Crippen LogP) is 6.16. The third-order valence-corrected chi connectivity index (χ3v) is 11.6. The van der Waals surface area contributed by atoms with Gasteiger partial charge in [0, 0.05) is 69.8 Å². The number of halogens is 2. The van der Waals surface area contributed by atoms with Crippen molar-refractivity contribution < 1.29 is 42.2 Å². The number of benzene rings is 3. The van der Waals surface area contributed by atoms with E-state index in [0.717, 1.165) is 23.3 Å². The quantitative estimate of drug-likeness (QED) is 0.0852. The van der Waals surface area contributed by atoms with Gasteiger partial charge in [0.05, 0.1) is 19.6 Å². The molecule has 1 atom stereocenters. The molecule has 3 heterocycles. The van der Waals surface area contributed by atoms with Crippen LogP contribution in [0.25, 0.3) is 11.5 Å². The minimum Gasteiger partial charge on any atom is -0.493 e. The molecular weight excluding hydrogens is 917 g/mol. The highest BCUT2D eigenvalue weighted by Crippen LogP contribution is 2.28. The summed E-state index contributed by atoms with van der Waals surface area (Å²) in [4.78, 5) is 78.7. The summed E-state index contributed by atoms with van der Waals surface area (Å²) in [7, 11) is 3.20. The molecule has 1 aliphatic rings. The molecular formula is C51H63F2N11O7. The number of nitrogens with one attached hydrogen (secondary N) is 3. The maximum absolute atomic E-state index is 14.1. The first-order chi connectivity index (χ1) is 33.7. The molecule has 5 amide bonds. The average Bonchev–Trinajstić information content (AvgIpc) is 3.73. The van der Waals surface area contributed by atoms with Crippen LogP contribution in [0, 0.1) is 17.0 Å². The van der Waals surface area contributed by atoms with Gasteiger partial charge in [-0.3, -0.25) is 19.2 Å². The van der Waals surface area contributed by atoms with Crippen molar-refractivity contribution in [2.24, 2.45) is 5.41 Å². The van der Waals surface area contributed by atoms with E-state index in [2.05, 4.69) is 36.1 Å². The third kappa shape index (κ3) is 14.8. The van der Waals surface area contributed by atoms with Crippen molar-refractivity contribution in [3.05, 3.63) is 119 Å². The van der Waals surface area contributed by atoms with Crippen molar-refractivity contribution in [1.82, 2.24) is 50.1 Å². The van der Waals surface area contributed by atoms with Crippen molar-refractivity contribution in [3.8, 4) is 17.3 Å². The SMILES string of the molecule is CN(CCCn1c(CNc2cccc(C(=O)NCc3c(F)cccc3F)c2)nnc1-c1ccncn1)C(=O)CCOc1ccc2c(c1)CN(C(=O)[C@@H](NC(=O)CN(C)C(=O)OC(C)(C)C)C(C)(C)C)CC2. The van der Waals surface area contributed by atoms with Gasteiger partial charge in [-0.2, -0.15) is 0 Å². The van der Waals surface area contributed by atoms with Crippen LogP contribution in [0.1, 0.15) is 87.3 Å². The Kier molecular flexibility index (Phi) is 17.4. The van der Waals surface area contributed by atoms with E-state index in [0.29, 0.717) is 67.8 Å². The van der Waals surface area contributed by atoms with Crippen LogP contribution in [0.5, 0.6) is 5.75 Å². The largest absolute Gasteiger partial charge is 0.493 e. The normalized spacial score (nSPS) is 12.8. The van der Waals surface area contributed by atoms with Gasteiger partial charge in [-0.05, 0) is 98.7 Å². The molecule has 3 N–H and O–H groups in total. The molecule has 18 nitrogen and oxygen atoms in total. The van der Waals surface area contributed by atoms with Crippen molar-refractivity contribution in [2.75, 3.05) is 45.7 Å². The minimum atomic E-state index is -0.851. The lowest BCUT2D eigenvalue weighted by atomic mass is 9.85. The first-order valence-electron chi connectivity index (χ1n) is 23.4. The van der Waals surface area contributed by atoms with E-state index < -0.39 is 46.6 Å². The van der Waals surface area contributed by atoms with Crippen LogP contribution >= 0.6 is 0 Å². The smallest absolute Gasteiger partial charge is 0.410 e. The summed E-state index contributed by atoms with van der Waals surface area (Å²) in [5.74, 6) is -1.16. The number of carbonyl (C=O) groups is 5. The molecule has 0 unspecified atom stereocenters. The molecule has 0 fully saturated rings. The van der Waals surface area contributed by atoms with Crippen LogP contribution in [0.2, 0.25) is 0 Å². The number of rotatable bonds is 19. The Morgan fingerprint density at radius 2 is 1.62 bits per heavy atom. The second-order valence-corrected chi connectivity index (χ2v) is 19.4. The number of hydrogen-bond donors (Lipinski definition) is 3. The second kappa shape index (κ2) is 23.4. The Balaban J connectivity index is 0.995. The molecule has 378 valence electrons. The number of amides is 5. The lowest BCUT2D eigenvalue weighted by Crippen LogP contribution is -2.57. The predicted molar refractivity (Wildman–Crippen MR) is 261 cm³/mol. The molecule has 0 aliphatic carbocycles. The molecule has 71 heavy (non-hydrogen) atoms. The van der Waals surface area contributed by atoms with Crippen molar-refractivity contribution in [3.63, 3.8) is 0 Å². The lowest BCUT2D eigenvalue weighted by molar-refractivity contribution is -0.140. The van der Waals surface area contributed by atoms with Gasteiger partial charge >= 0.3 is 6.09 Å². The Labute approximate surface area is 412 Å². The van der Waals surface area contributed by atoms with Gasteiger partial charge in [0.2, 0.25) is 17.7 Å². The highest BCUT2D eigenvalue weighted by atomic mass is 19.1. The van der Waals surface area contributed by atoms with Gasteiger partial charge in [0.25, 0.3) is 5.91 Å². The first kappa shape index (κ1) is 52.9. The number of hydrogen-bond acceptors (Lipinski definition) is 12. The molecule has 0 saturated heterocycles. The summed E-state index contributed by atoms with van der Waals surface area (Å²) in [6.45, 7) is 12.3. The average molecular weight is 980 g/mol. The van der Waals surface area contributed by atoms with Gasteiger partial charge in [0.1, 0.15) is 47.6 Å². The molecule has 0 radical (unpaired) electrons. The number of nitrogens with zero attached hydrogens (tertiary/aromatic N) is 8. The maximum Gasteiger partial charge on any atom is 0.410 e. The number of likely N-dealkylation sites (N-methyl/N-ethyl adjacent to an activating group) is 1. The van der Waals surface area contributed by atoms with Crippen LogP contribution in [-0.2, 0) is 51.7 Å². The zero-order chi connectivity index (χ0) is 51.5. The van der Waals surface area contributed by atoms with Gasteiger partial charge in [-0.1, -0.05) is 39.0 Å². The van der Waals surface area contributed by atoms with Crippen LogP contribution in [-0.4, -0.2) is 121 Å². The number of carbonyl (C=O) groups excluding carboxylic acids is 5. The van der Waals surface area contributed by atoms with E-state index >= 15 is 0 Å².